The van der Waals surface area contributed by atoms with Crippen LogP contribution >= 0.6 is 0 Å². The van der Waals surface area contributed by atoms with Crippen molar-refractivity contribution in [2.24, 2.45) is 0 Å². The summed E-state index contributed by atoms with van der Waals surface area (Å²) in [6, 6.07) is 22.3. The van der Waals surface area contributed by atoms with Crippen molar-refractivity contribution >= 4 is 23.2 Å². The second-order valence-corrected chi connectivity index (χ2v) is 7.01. The van der Waals surface area contributed by atoms with E-state index < -0.39 is 0 Å². The summed E-state index contributed by atoms with van der Waals surface area (Å²) in [5.74, 6) is 1.53. The number of nitrogens with one attached hydrogen (secondary N) is 1. The van der Waals surface area contributed by atoms with Gasteiger partial charge in [0, 0.05) is 13.0 Å². The summed E-state index contributed by atoms with van der Waals surface area (Å²) in [5, 5.41) is 2.89. The summed E-state index contributed by atoms with van der Waals surface area (Å²) in [4.78, 5) is 26.4. The molecule has 2 amide bonds. The third kappa shape index (κ3) is 4.43. The van der Waals surface area contributed by atoms with Gasteiger partial charge in [-0.15, -0.1) is 0 Å². The van der Waals surface area contributed by atoms with Gasteiger partial charge in [-0.1, -0.05) is 42.0 Å². The number of carbonyl (C=O) groups excluding carboxylic acids is 2. The molecule has 0 aromatic heterocycles. The summed E-state index contributed by atoms with van der Waals surface area (Å²) in [6.07, 6.45) is 0.152. The van der Waals surface area contributed by atoms with Gasteiger partial charge in [0.25, 0.3) is 5.91 Å². The molecule has 1 aliphatic rings. The number of fused-ring (bicyclic) bond motifs is 1. The second kappa shape index (κ2) is 8.69. The zero-order valence-corrected chi connectivity index (χ0v) is 16.6. The van der Waals surface area contributed by atoms with Crippen LogP contribution in [0.25, 0.3) is 0 Å². The van der Waals surface area contributed by atoms with Gasteiger partial charge in [0.05, 0.1) is 11.4 Å². The van der Waals surface area contributed by atoms with Crippen molar-refractivity contribution in [3.05, 3.63) is 78.4 Å². The van der Waals surface area contributed by atoms with Crippen LogP contribution in [0.1, 0.15) is 12.0 Å². The van der Waals surface area contributed by atoms with Crippen LogP contribution in [0.2, 0.25) is 0 Å². The molecule has 0 atom stereocenters. The summed E-state index contributed by atoms with van der Waals surface area (Å²) < 4.78 is 11.4. The number of benzene rings is 3. The highest BCUT2D eigenvalue weighted by molar-refractivity contribution is 5.99. The molecule has 0 saturated carbocycles. The Balaban J connectivity index is 1.41. The number of para-hydroxylation sites is 4. The fourth-order valence-electron chi connectivity index (χ4n) is 3.22. The highest BCUT2D eigenvalue weighted by Crippen LogP contribution is 2.32. The van der Waals surface area contributed by atoms with E-state index in [9.17, 15) is 9.59 Å². The maximum absolute atomic E-state index is 12.6. The summed E-state index contributed by atoms with van der Waals surface area (Å²) in [7, 11) is 0. The summed E-state index contributed by atoms with van der Waals surface area (Å²) >= 11 is 0. The molecular weight excluding hydrogens is 380 g/mol. The maximum atomic E-state index is 12.6. The number of hydrogen-bond donors (Lipinski definition) is 1. The molecule has 6 nitrogen and oxygen atoms in total. The minimum Gasteiger partial charge on any atom is -0.482 e. The quantitative estimate of drug-likeness (QED) is 0.657. The van der Waals surface area contributed by atoms with Gasteiger partial charge in [0.1, 0.15) is 11.5 Å². The molecule has 1 aliphatic heterocycles. The third-order valence-corrected chi connectivity index (χ3v) is 4.78. The summed E-state index contributed by atoms with van der Waals surface area (Å²) in [5.41, 5.74) is 2.41. The smallest absolute Gasteiger partial charge is 0.265 e. The van der Waals surface area contributed by atoms with Gasteiger partial charge >= 0.3 is 0 Å². The number of hydrogen-bond acceptors (Lipinski definition) is 4. The van der Waals surface area contributed by atoms with E-state index in [1.54, 1.807) is 17.0 Å². The van der Waals surface area contributed by atoms with E-state index in [4.69, 9.17) is 9.47 Å². The number of anilines is 2. The molecule has 0 saturated heterocycles. The van der Waals surface area contributed by atoms with Crippen molar-refractivity contribution in [1.82, 2.24) is 0 Å². The topological polar surface area (TPSA) is 67.9 Å². The van der Waals surface area contributed by atoms with Crippen LogP contribution < -0.4 is 19.7 Å². The first-order valence-electron chi connectivity index (χ1n) is 9.76. The van der Waals surface area contributed by atoms with Crippen molar-refractivity contribution in [2.45, 2.75) is 13.3 Å². The molecule has 0 unspecified atom stereocenters. The molecule has 0 aliphatic carbocycles. The molecule has 3 aromatic carbocycles. The van der Waals surface area contributed by atoms with Crippen molar-refractivity contribution in [3.8, 4) is 17.2 Å². The van der Waals surface area contributed by atoms with Crippen LogP contribution in [0.4, 0.5) is 11.4 Å². The van der Waals surface area contributed by atoms with Crippen molar-refractivity contribution in [2.75, 3.05) is 23.4 Å². The van der Waals surface area contributed by atoms with Crippen LogP contribution in [0.3, 0.4) is 0 Å². The molecule has 0 radical (unpaired) electrons. The standard InChI is InChI=1S/C24H22N2O4/c1-17-10-12-18(13-11-17)30-21-8-4-2-6-19(21)25-23(27)14-15-26-20-7-3-5-9-22(20)29-16-24(26)28/h2-13H,14-16H2,1H3,(H,25,27). The van der Waals surface area contributed by atoms with E-state index in [1.807, 2.05) is 67.6 Å². The Hall–Kier alpha value is -3.80. The average molecular weight is 402 g/mol. The largest absolute Gasteiger partial charge is 0.482 e. The lowest BCUT2D eigenvalue weighted by molar-refractivity contribution is -0.121. The van der Waals surface area contributed by atoms with Gasteiger partial charge < -0.3 is 19.7 Å². The first-order valence-corrected chi connectivity index (χ1v) is 9.76. The molecule has 1 N–H and O–H groups in total. The zero-order valence-electron chi connectivity index (χ0n) is 16.6. The fraction of sp³-hybridized carbons (Fsp3) is 0.167. The lowest BCUT2D eigenvalue weighted by Gasteiger charge is -2.29. The third-order valence-electron chi connectivity index (χ3n) is 4.78. The Kier molecular flexibility index (Phi) is 5.66. The molecule has 0 bridgehead atoms. The average Bonchev–Trinajstić information content (AvgIpc) is 2.76. The highest BCUT2D eigenvalue weighted by atomic mass is 16.5. The molecule has 0 spiro atoms. The Morgan fingerprint density at radius 3 is 2.60 bits per heavy atom. The van der Waals surface area contributed by atoms with Gasteiger partial charge in [0.15, 0.2) is 12.4 Å². The SMILES string of the molecule is Cc1ccc(Oc2ccccc2NC(=O)CCN2C(=O)COc3ccccc32)cc1. The van der Waals surface area contributed by atoms with E-state index in [1.165, 1.54) is 0 Å². The van der Waals surface area contributed by atoms with Gasteiger partial charge in [0.2, 0.25) is 5.91 Å². The van der Waals surface area contributed by atoms with E-state index in [2.05, 4.69) is 5.32 Å². The van der Waals surface area contributed by atoms with Crippen LogP contribution in [0.15, 0.2) is 72.8 Å². The first-order chi connectivity index (χ1) is 14.6. The normalized spacial score (nSPS) is 12.7. The van der Waals surface area contributed by atoms with Crippen molar-refractivity contribution in [1.29, 1.82) is 0 Å². The maximum Gasteiger partial charge on any atom is 0.265 e. The predicted octanol–water partition coefficient (Wildman–Crippen LogP) is 4.54. The van der Waals surface area contributed by atoms with Crippen molar-refractivity contribution in [3.63, 3.8) is 0 Å². The lowest BCUT2D eigenvalue weighted by Crippen LogP contribution is -2.40. The zero-order chi connectivity index (χ0) is 20.9. The second-order valence-electron chi connectivity index (χ2n) is 7.01. The Bertz CT molecular complexity index is 1060. The first kappa shape index (κ1) is 19.5. The molecule has 30 heavy (non-hydrogen) atoms. The van der Waals surface area contributed by atoms with Gasteiger partial charge in [-0.05, 0) is 43.3 Å². The molecule has 6 heteroatoms. The Morgan fingerprint density at radius 2 is 1.77 bits per heavy atom. The van der Waals surface area contributed by atoms with Crippen molar-refractivity contribution < 1.29 is 19.1 Å². The monoisotopic (exact) mass is 402 g/mol. The number of rotatable bonds is 6. The number of aryl methyl sites for hydroxylation is 1. The number of nitrogens with zero attached hydrogens (tertiary/aromatic N) is 1. The van der Waals surface area contributed by atoms with Gasteiger partial charge in [-0.25, -0.2) is 0 Å². The molecule has 152 valence electrons. The van der Waals surface area contributed by atoms with Crippen LogP contribution in [-0.4, -0.2) is 25.0 Å². The number of amides is 2. The van der Waals surface area contributed by atoms with E-state index in [-0.39, 0.29) is 31.4 Å². The Morgan fingerprint density at radius 1 is 1.03 bits per heavy atom. The van der Waals surface area contributed by atoms with Crippen LogP contribution in [-0.2, 0) is 9.59 Å². The fourth-order valence-corrected chi connectivity index (χ4v) is 3.22. The summed E-state index contributed by atoms with van der Waals surface area (Å²) in [6.45, 7) is 2.26. The molecule has 1 heterocycles. The molecule has 0 fully saturated rings. The lowest BCUT2D eigenvalue weighted by atomic mass is 10.2. The van der Waals surface area contributed by atoms with Gasteiger partial charge in [-0.2, -0.15) is 0 Å². The minimum absolute atomic E-state index is 0.0220. The Labute approximate surface area is 175 Å². The van der Waals surface area contributed by atoms with E-state index in [0.29, 0.717) is 28.6 Å². The van der Waals surface area contributed by atoms with Gasteiger partial charge in [-0.3, -0.25) is 9.59 Å². The number of carbonyl (C=O) groups is 2. The van der Waals surface area contributed by atoms with Crippen LogP contribution in [0.5, 0.6) is 17.2 Å². The molecular formula is C24H22N2O4. The van der Waals surface area contributed by atoms with E-state index >= 15 is 0 Å². The van der Waals surface area contributed by atoms with E-state index in [0.717, 1.165) is 5.56 Å². The minimum atomic E-state index is -0.202. The highest BCUT2D eigenvalue weighted by Gasteiger charge is 2.25. The molecule has 4 rings (SSSR count). The van der Waals surface area contributed by atoms with Crippen LogP contribution in [0, 0.1) is 6.92 Å². The molecule has 3 aromatic rings. The predicted molar refractivity (Wildman–Crippen MR) is 115 cm³/mol. The number of ether oxygens (including phenoxy) is 2.